The summed E-state index contributed by atoms with van der Waals surface area (Å²) >= 11 is 0. The maximum absolute atomic E-state index is 11.2. The Labute approximate surface area is 150 Å². The third-order valence-electron chi connectivity index (χ3n) is 3.71. The molecule has 0 aromatic heterocycles. The number of hydrogen-bond acceptors (Lipinski definition) is 5. The van der Waals surface area contributed by atoms with Crippen molar-refractivity contribution in [3.8, 4) is 17.2 Å². The lowest BCUT2D eigenvalue weighted by Crippen LogP contribution is -2.00. The van der Waals surface area contributed by atoms with Gasteiger partial charge in [-0.25, -0.2) is 0 Å². The normalized spacial score (nSPS) is 10.3. The summed E-state index contributed by atoms with van der Waals surface area (Å²) in [5, 5.41) is 21.6. The zero-order valence-electron chi connectivity index (χ0n) is 13.9. The van der Waals surface area contributed by atoms with Gasteiger partial charge in [0.1, 0.15) is 13.2 Å². The van der Waals surface area contributed by atoms with Gasteiger partial charge in [0.15, 0.2) is 11.5 Å². The molecule has 0 atom stereocenters. The molecule has 0 aliphatic heterocycles. The molecule has 0 spiro atoms. The molecule has 3 aromatic rings. The van der Waals surface area contributed by atoms with Crippen LogP contribution in [0, 0.1) is 10.1 Å². The van der Waals surface area contributed by atoms with E-state index < -0.39 is 4.92 Å². The zero-order valence-corrected chi connectivity index (χ0v) is 13.9. The second-order valence-electron chi connectivity index (χ2n) is 5.60. The summed E-state index contributed by atoms with van der Waals surface area (Å²) in [4.78, 5) is 10.6. The van der Waals surface area contributed by atoms with Crippen LogP contribution in [-0.4, -0.2) is 10.0 Å². The Morgan fingerprint density at radius 2 is 1.23 bits per heavy atom. The number of ether oxygens (including phenoxy) is 2. The minimum Gasteiger partial charge on any atom is -0.502 e. The first-order valence-corrected chi connectivity index (χ1v) is 7.98. The number of nitrogens with zero attached hydrogens (tertiary/aromatic N) is 1. The minimum absolute atomic E-state index is 0.00566. The predicted octanol–water partition coefficient (Wildman–Crippen LogP) is 4.46. The van der Waals surface area contributed by atoms with Crippen LogP contribution < -0.4 is 9.47 Å². The molecule has 6 heteroatoms. The van der Waals surface area contributed by atoms with Gasteiger partial charge in [-0.1, -0.05) is 60.7 Å². The van der Waals surface area contributed by atoms with Crippen LogP contribution in [0.1, 0.15) is 11.1 Å². The molecular weight excluding hydrogens is 334 g/mol. The highest BCUT2D eigenvalue weighted by Crippen LogP contribution is 2.40. The van der Waals surface area contributed by atoms with Gasteiger partial charge in [0.05, 0.1) is 17.1 Å². The molecule has 0 saturated carbocycles. The highest BCUT2D eigenvalue weighted by Gasteiger charge is 2.19. The van der Waals surface area contributed by atoms with Crippen LogP contribution in [0.25, 0.3) is 0 Å². The zero-order chi connectivity index (χ0) is 18.4. The fourth-order valence-electron chi connectivity index (χ4n) is 2.36. The van der Waals surface area contributed by atoms with Crippen molar-refractivity contribution < 1.29 is 19.5 Å². The molecule has 0 amide bonds. The molecular formula is C20H17NO5. The van der Waals surface area contributed by atoms with E-state index in [1.807, 2.05) is 60.7 Å². The standard InChI is InChI=1S/C20H17NO5/c22-20-18(25-13-15-7-3-1-4-8-15)11-17(21(23)24)12-19(20)26-14-16-9-5-2-6-10-16/h1-12,22H,13-14H2. The highest BCUT2D eigenvalue weighted by molar-refractivity contribution is 5.57. The molecule has 132 valence electrons. The van der Waals surface area contributed by atoms with Gasteiger partial charge in [-0.2, -0.15) is 0 Å². The molecule has 26 heavy (non-hydrogen) atoms. The highest BCUT2D eigenvalue weighted by atomic mass is 16.6. The maximum atomic E-state index is 11.2. The lowest BCUT2D eigenvalue weighted by atomic mass is 10.2. The molecule has 0 unspecified atom stereocenters. The van der Waals surface area contributed by atoms with E-state index in [0.717, 1.165) is 11.1 Å². The number of nitro groups is 1. The molecule has 0 fully saturated rings. The summed E-state index contributed by atoms with van der Waals surface area (Å²) in [5.74, 6) is -0.250. The van der Waals surface area contributed by atoms with Crippen molar-refractivity contribution in [2.24, 2.45) is 0 Å². The van der Waals surface area contributed by atoms with Crippen LogP contribution >= 0.6 is 0 Å². The first-order valence-electron chi connectivity index (χ1n) is 7.98. The van der Waals surface area contributed by atoms with E-state index in [1.54, 1.807) is 0 Å². The van der Waals surface area contributed by atoms with Crippen molar-refractivity contribution in [3.63, 3.8) is 0 Å². The van der Waals surface area contributed by atoms with Crippen molar-refractivity contribution in [2.75, 3.05) is 0 Å². The number of non-ortho nitro benzene ring substituents is 1. The van der Waals surface area contributed by atoms with E-state index in [-0.39, 0.29) is 36.1 Å². The average molecular weight is 351 g/mol. The number of phenolic OH excluding ortho intramolecular Hbond substituents is 1. The Morgan fingerprint density at radius 1 is 0.808 bits per heavy atom. The van der Waals surface area contributed by atoms with E-state index in [1.165, 1.54) is 12.1 Å². The molecule has 3 rings (SSSR count). The number of nitro benzene ring substituents is 1. The Morgan fingerprint density at radius 3 is 1.62 bits per heavy atom. The monoisotopic (exact) mass is 351 g/mol. The number of aromatic hydroxyl groups is 1. The van der Waals surface area contributed by atoms with Gasteiger partial charge in [-0.15, -0.1) is 0 Å². The van der Waals surface area contributed by atoms with Gasteiger partial charge in [0.25, 0.3) is 5.69 Å². The summed E-state index contributed by atoms with van der Waals surface area (Å²) in [6.07, 6.45) is 0. The van der Waals surface area contributed by atoms with Crippen molar-refractivity contribution in [2.45, 2.75) is 13.2 Å². The predicted molar refractivity (Wildman–Crippen MR) is 96.3 cm³/mol. The van der Waals surface area contributed by atoms with E-state index in [0.29, 0.717) is 0 Å². The van der Waals surface area contributed by atoms with Gasteiger partial charge in [0, 0.05) is 0 Å². The van der Waals surface area contributed by atoms with Crippen LogP contribution in [0.4, 0.5) is 5.69 Å². The summed E-state index contributed by atoms with van der Waals surface area (Å²) in [6, 6.07) is 21.0. The SMILES string of the molecule is O=[N+]([O-])c1cc(OCc2ccccc2)c(O)c(OCc2ccccc2)c1. The van der Waals surface area contributed by atoms with Gasteiger partial charge in [0.2, 0.25) is 5.75 Å². The number of phenols is 1. The van der Waals surface area contributed by atoms with Gasteiger partial charge in [-0.3, -0.25) is 10.1 Å². The van der Waals surface area contributed by atoms with Crippen LogP contribution in [0.3, 0.4) is 0 Å². The Kier molecular flexibility index (Phi) is 5.34. The van der Waals surface area contributed by atoms with Crippen molar-refractivity contribution >= 4 is 5.69 Å². The average Bonchev–Trinajstić information content (AvgIpc) is 2.67. The fourth-order valence-corrected chi connectivity index (χ4v) is 2.36. The molecule has 0 saturated heterocycles. The Bertz CT molecular complexity index is 817. The third kappa shape index (κ3) is 4.30. The largest absolute Gasteiger partial charge is 0.502 e. The molecule has 3 aromatic carbocycles. The first-order chi connectivity index (χ1) is 12.6. The molecule has 0 aliphatic rings. The van der Waals surface area contributed by atoms with Crippen molar-refractivity contribution in [1.29, 1.82) is 0 Å². The van der Waals surface area contributed by atoms with Crippen molar-refractivity contribution in [1.82, 2.24) is 0 Å². The molecule has 0 bridgehead atoms. The number of hydrogen-bond donors (Lipinski definition) is 1. The number of benzene rings is 3. The van der Waals surface area contributed by atoms with E-state index in [4.69, 9.17) is 9.47 Å². The lowest BCUT2D eigenvalue weighted by molar-refractivity contribution is -0.385. The van der Waals surface area contributed by atoms with Crippen LogP contribution in [0.15, 0.2) is 72.8 Å². The van der Waals surface area contributed by atoms with Gasteiger partial charge in [-0.05, 0) is 11.1 Å². The third-order valence-corrected chi connectivity index (χ3v) is 3.71. The summed E-state index contributed by atoms with van der Waals surface area (Å²) < 4.78 is 11.1. The maximum Gasteiger partial charge on any atom is 0.277 e. The molecule has 6 nitrogen and oxygen atoms in total. The van der Waals surface area contributed by atoms with Crippen molar-refractivity contribution in [3.05, 3.63) is 94.0 Å². The van der Waals surface area contributed by atoms with E-state index in [9.17, 15) is 15.2 Å². The second-order valence-corrected chi connectivity index (χ2v) is 5.60. The topological polar surface area (TPSA) is 81.8 Å². The first kappa shape index (κ1) is 17.3. The minimum atomic E-state index is -0.551. The van der Waals surface area contributed by atoms with E-state index >= 15 is 0 Å². The summed E-state index contributed by atoms with van der Waals surface area (Å²) in [7, 11) is 0. The fraction of sp³-hybridized carbons (Fsp3) is 0.100. The van der Waals surface area contributed by atoms with Gasteiger partial charge < -0.3 is 14.6 Å². The molecule has 0 aliphatic carbocycles. The Hall–Kier alpha value is -3.54. The quantitative estimate of drug-likeness (QED) is 0.502. The smallest absolute Gasteiger partial charge is 0.277 e. The molecule has 1 N–H and O–H groups in total. The van der Waals surface area contributed by atoms with Gasteiger partial charge >= 0.3 is 0 Å². The lowest BCUT2D eigenvalue weighted by Gasteiger charge is -2.13. The molecule has 0 radical (unpaired) electrons. The second kappa shape index (κ2) is 8.02. The summed E-state index contributed by atoms with van der Waals surface area (Å²) in [6.45, 7) is 0.349. The Balaban J connectivity index is 1.81. The van der Waals surface area contributed by atoms with Crippen LogP contribution in [0.2, 0.25) is 0 Å². The summed E-state index contributed by atoms with van der Waals surface area (Å²) in [5.41, 5.74) is 1.55. The van der Waals surface area contributed by atoms with Crippen LogP contribution in [0.5, 0.6) is 17.2 Å². The number of rotatable bonds is 7. The van der Waals surface area contributed by atoms with Crippen LogP contribution in [-0.2, 0) is 13.2 Å². The molecule has 0 heterocycles. The van der Waals surface area contributed by atoms with E-state index in [2.05, 4.69) is 0 Å².